The van der Waals surface area contributed by atoms with Gasteiger partial charge in [-0.05, 0) is 37.5 Å². The summed E-state index contributed by atoms with van der Waals surface area (Å²) in [5, 5.41) is 9.63. The maximum atomic E-state index is 9.63. The first-order valence-electron chi connectivity index (χ1n) is 6.71. The highest BCUT2D eigenvalue weighted by molar-refractivity contribution is 5.41. The van der Waals surface area contributed by atoms with E-state index in [0.717, 1.165) is 43.9 Å². The summed E-state index contributed by atoms with van der Waals surface area (Å²) in [6, 6.07) is 3.84. The molecule has 2 unspecified atom stereocenters. The molecule has 18 heavy (non-hydrogen) atoms. The van der Waals surface area contributed by atoms with Gasteiger partial charge in [0.2, 0.25) is 0 Å². The number of aliphatic hydroxyl groups is 1. The van der Waals surface area contributed by atoms with Crippen LogP contribution < -0.4 is 4.90 Å². The van der Waals surface area contributed by atoms with Gasteiger partial charge in [0, 0.05) is 25.9 Å². The van der Waals surface area contributed by atoms with Crippen LogP contribution >= 0.6 is 0 Å². The van der Waals surface area contributed by atoms with Gasteiger partial charge in [-0.25, -0.2) is 4.98 Å². The van der Waals surface area contributed by atoms with Crippen molar-refractivity contribution in [1.29, 1.82) is 0 Å². The lowest BCUT2D eigenvalue weighted by Gasteiger charge is -2.24. The average molecular weight is 250 g/mol. The van der Waals surface area contributed by atoms with Crippen molar-refractivity contribution >= 4 is 5.82 Å². The first kappa shape index (κ1) is 13.3. The van der Waals surface area contributed by atoms with Crippen molar-refractivity contribution in [3.63, 3.8) is 0 Å². The fourth-order valence-corrected chi connectivity index (χ4v) is 2.22. The zero-order valence-corrected chi connectivity index (χ0v) is 11.2. The van der Waals surface area contributed by atoms with E-state index in [1.54, 1.807) is 13.1 Å². The van der Waals surface area contributed by atoms with E-state index in [1.807, 2.05) is 12.1 Å². The van der Waals surface area contributed by atoms with Gasteiger partial charge in [0.1, 0.15) is 5.82 Å². The number of aromatic nitrogens is 1. The maximum Gasteiger partial charge on any atom is 0.128 e. The fourth-order valence-electron chi connectivity index (χ4n) is 2.22. The summed E-state index contributed by atoms with van der Waals surface area (Å²) in [5.74, 6) is 0.942. The minimum absolute atomic E-state index is 0.282. The van der Waals surface area contributed by atoms with E-state index >= 15 is 0 Å². The molecule has 1 aliphatic rings. The summed E-state index contributed by atoms with van der Waals surface area (Å²) in [4.78, 5) is 6.67. The molecule has 4 nitrogen and oxygen atoms in total. The molecule has 0 saturated carbocycles. The quantitative estimate of drug-likeness (QED) is 0.892. The largest absolute Gasteiger partial charge is 0.389 e. The van der Waals surface area contributed by atoms with Crippen molar-refractivity contribution in [2.24, 2.45) is 0 Å². The predicted octanol–water partition coefficient (Wildman–Crippen LogP) is 2.14. The van der Waals surface area contributed by atoms with Crippen LogP contribution in [0, 0.1) is 0 Å². The summed E-state index contributed by atoms with van der Waals surface area (Å²) in [5.41, 5.74) is 0.915. The van der Waals surface area contributed by atoms with E-state index in [4.69, 9.17) is 4.74 Å². The van der Waals surface area contributed by atoms with E-state index in [-0.39, 0.29) is 6.10 Å². The van der Waals surface area contributed by atoms with Gasteiger partial charge in [-0.1, -0.05) is 6.92 Å². The molecule has 0 aliphatic carbocycles. The molecule has 4 heteroatoms. The highest BCUT2D eigenvalue weighted by Gasteiger charge is 2.18. The van der Waals surface area contributed by atoms with Gasteiger partial charge in [-0.2, -0.15) is 0 Å². The van der Waals surface area contributed by atoms with Gasteiger partial charge < -0.3 is 14.7 Å². The van der Waals surface area contributed by atoms with Crippen LogP contribution in [-0.2, 0) is 4.74 Å². The Kier molecular flexibility index (Phi) is 4.55. The summed E-state index contributed by atoms with van der Waals surface area (Å²) in [6.07, 6.45) is 3.65. The SMILES string of the molecule is CCC1CN(c2cc(C(C)O)ccn2)CCCO1. The van der Waals surface area contributed by atoms with Gasteiger partial charge >= 0.3 is 0 Å². The van der Waals surface area contributed by atoms with Crippen LogP contribution in [0.2, 0.25) is 0 Å². The molecule has 1 fully saturated rings. The minimum atomic E-state index is -0.447. The van der Waals surface area contributed by atoms with Gasteiger partial charge in [0.15, 0.2) is 0 Å². The Labute approximate surface area is 109 Å². The monoisotopic (exact) mass is 250 g/mol. The number of pyridine rings is 1. The lowest BCUT2D eigenvalue weighted by molar-refractivity contribution is 0.0664. The first-order valence-corrected chi connectivity index (χ1v) is 6.71. The topological polar surface area (TPSA) is 45.6 Å². The van der Waals surface area contributed by atoms with Crippen molar-refractivity contribution in [3.05, 3.63) is 23.9 Å². The second-order valence-electron chi connectivity index (χ2n) is 4.82. The molecule has 2 heterocycles. The molecule has 1 saturated heterocycles. The van der Waals surface area contributed by atoms with Crippen molar-refractivity contribution in [2.45, 2.75) is 38.9 Å². The summed E-state index contributed by atoms with van der Waals surface area (Å²) in [6.45, 7) is 6.60. The number of nitrogens with zero attached hydrogens (tertiary/aromatic N) is 2. The van der Waals surface area contributed by atoms with E-state index in [2.05, 4.69) is 16.8 Å². The van der Waals surface area contributed by atoms with E-state index in [0.29, 0.717) is 0 Å². The van der Waals surface area contributed by atoms with Crippen LogP contribution in [0.3, 0.4) is 0 Å². The first-order chi connectivity index (χ1) is 8.70. The molecule has 0 spiro atoms. The third kappa shape index (κ3) is 3.21. The summed E-state index contributed by atoms with van der Waals surface area (Å²) >= 11 is 0. The molecule has 0 aromatic carbocycles. The lowest BCUT2D eigenvalue weighted by atomic mass is 10.1. The molecule has 0 radical (unpaired) electrons. The summed E-state index contributed by atoms with van der Waals surface area (Å²) in [7, 11) is 0. The number of hydrogen-bond acceptors (Lipinski definition) is 4. The average Bonchev–Trinajstić information content (AvgIpc) is 2.64. The number of ether oxygens (including phenoxy) is 1. The van der Waals surface area contributed by atoms with Crippen molar-refractivity contribution < 1.29 is 9.84 Å². The van der Waals surface area contributed by atoms with Gasteiger partial charge in [-0.15, -0.1) is 0 Å². The second-order valence-corrected chi connectivity index (χ2v) is 4.82. The normalized spacial score (nSPS) is 22.6. The maximum absolute atomic E-state index is 9.63. The van der Waals surface area contributed by atoms with Gasteiger partial charge in [-0.3, -0.25) is 0 Å². The third-order valence-corrected chi connectivity index (χ3v) is 3.38. The highest BCUT2D eigenvalue weighted by Crippen LogP contribution is 2.20. The van der Waals surface area contributed by atoms with Crippen LogP contribution in [0.4, 0.5) is 5.82 Å². The number of hydrogen-bond donors (Lipinski definition) is 1. The van der Waals surface area contributed by atoms with Crippen LogP contribution in [0.25, 0.3) is 0 Å². The molecule has 0 amide bonds. The Morgan fingerprint density at radius 1 is 1.61 bits per heavy atom. The molecule has 1 N–H and O–H groups in total. The molecule has 0 bridgehead atoms. The molecule has 100 valence electrons. The van der Waals surface area contributed by atoms with E-state index in [9.17, 15) is 5.11 Å². The molecule has 1 aromatic rings. The van der Waals surface area contributed by atoms with E-state index in [1.165, 1.54) is 0 Å². The van der Waals surface area contributed by atoms with Crippen LogP contribution in [-0.4, -0.2) is 35.9 Å². The highest BCUT2D eigenvalue weighted by atomic mass is 16.5. The minimum Gasteiger partial charge on any atom is -0.389 e. The Hall–Kier alpha value is -1.13. The second kappa shape index (κ2) is 6.16. The molecular weight excluding hydrogens is 228 g/mol. The molecule has 2 atom stereocenters. The van der Waals surface area contributed by atoms with Crippen LogP contribution in [0.15, 0.2) is 18.3 Å². The molecule has 1 aliphatic heterocycles. The van der Waals surface area contributed by atoms with Gasteiger partial charge in [0.25, 0.3) is 0 Å². The number of aliphatic hydroxyl groups excluding tert-OH is 1. The summed E-state index contributed by atoms with van der Waals surface area (Å²) < 4.78 is 5.76. The van der Waals surface area contributed by atoms with Crippen LogP contribution in [0.1, 0.15) is 38.4 Å². The molecule has 2 rings (SSSR count). The zero-order chi connectivity index (χ0) is 13.0. The fraction of sp³-hybridized carbons (Fsp3) is 0.643. The van der Waals surface area contributed by atoms with Crippen molar-refractivity contribution in [2.75, 3.05) is 24.6 Å². The van der Waals surface area contributed by atoms with Crippen molar-refractivity contribution in [1.82, 2.24) is 4.98 Å². The third-order valence-electron chi connectivity index (χ3n) is 3.38. The molecule has 1 aromatic heterocycles. The lowest BCUT2D eigenvalue weighted by Crippen LogP contribution is -2.32. The van der Waals surface area contributed by atoms with E-state index < -0.39 is 6.10 Å². The Morgan fingerprint density at radius 2 is 2.44 bits per heavy atom. The zero-order valence-electron chi connectivity index (χ0n) is 11.2. The smallest absolute Gasteiger partial charge is 0.128 e. The van der Waals surface area contributed by atoms with Gasteiger partial charge in [0.05, 0.1) is 12.2 Å². The van der Waals surface area contributed by atoms with Crippen LogP contribution in [0.5, 0.6) is 0 Å². The molecular formula is C14H22N2O2. The van der Waals surface area contributed by atoms with Crippen molar-refractivity contribution in [3.8, 4) is 0 Å². The predicted molar refractivity (Wildman–Crippen MR) is 71.7 cm³/mol. The standard InChI is InChI=1S/C14H22N2O2/c1-3-13-10-16(7-4-8-18-13)14-9-12(11(2)17)5-6-15-14/h5-6,9,11,13,17H,3-4,7-8,10H2,1-2H3. The Bertz CT molecular complexity index is 382. The number of rotatable bonds is 3. The Morgan fingerprint density at radius 3 is 3.17 bits per heavy atom. The Balaban J connectivity index is 2.15. The number of anilines is 1.